The summed E-state index contributed by atoms with van der Waals surface area (Å²) in [6, 6.07) is 5.13. The van der Waals surface area contributed by atoms with E-state index in [1.165, 1.54) is 6.07 Å². The van der Waals surface area contributed by atoms with E-state index in [1.54, 1.807) is 6.07 Å². The highest BCUT2D eigenvalue weighted by molar-refractivity contribution is 5.85. The summed E-state index contributed by atoms with van der Waals surface area (Å²) in [5.74, 6) is -0.378. The molecular formula is C13H20N2O2. The van der Waals surface area contributed by atoms with Crippen molar-refractivity contribution in [3.05, 3.63) is 29.6 Å². The third kappa shape index (κ3) is 4.53. The standard InChI is InChI=1S/C13H20N2O2/c1-4-15(8-10(2)3)9-11-6-5-7-12(14-11)13(16)17/h5-7,10H,4,8-9H2,1-3H3,(H,16,17). The molecule has 0 unspecified atom stereocenters. The summed E-state index contributed by atoms with van der Waals surface area (Å²) in [5.41, 5.74) is 0.926. The highest BCUT2D eigenvalue weighted by Gasteiger charge is 2.09. The van der Waals surface area contributed by atoms with Crippen LogP contribution >= 0.6 is 0 Å². The van der Waals surface area contributed by atoms with E-state index in [2.05, 4.69) is 30.7 Å². The second-order valence-corrected chi connectivity index (χ2v) is 4.54. The number of pyridine rings is 1. The SMILES string of the molecule is CCN(Cc1cccc(C(=O)O)n1)CC(C)C. The van der Waals surface area contributed by atoms with Crippen LogP contribution in [0.3, 0.4) is 0 Å². The predicted molar refractivity (Wildman–Crippen MR) is 67.0 cm³/mol. The van der Waals surface area contributed by atoms with E-state index >= 15 is 0 Å². The van der Waals surface area contributed by atoms with Gasteiger partial charge in [-0.15, -0.1) is 0 Å². The Balaban J connectivity index is 2.72. The monoisotopic (exact) mass is 236 g/mol. The van der Waals surface area contributed by atoms with Crippen LogP contribution in [0.2, 0.25) is 0 Å². The van der Waals surface area contributed by atoms with E-state index in [9.17, 15) is 4.79 Å². The smallest absolute Gasteiger partial charge is 0.354 e. The average molecular weight is 236 g/mol. The number of carbonyl (C=O) groups is 1. The third-order valence-electron chi connectivity index (χ3n) is 2.48. The summed E-state index contributed by atoms with van der Waals surface area (Å²) in [4.78, 5) is 17.2. The number of hydrogen-bond donors (Lipinski definition) is 1. The Bertz CT molecular complexity index is 377. The Morgan fingerprint density at radius 1 is 1.47 bits per heavy atom. The van der Waals surface area contributed by atoms with Crippen molar-refractivity contribution in [2.24, 2.45) is 5.92 Å². The molecule has 0 amide bonds. The molecule has 1 aromatic rings. The zero-order chi connectivity index (χ0) is 12.8. The van der Waals surface area contributed by atoms with Crippen molar-refractivity contribution in [3.63, 3.8) is 0 Å². The van der Waals surface area contributed by atoms with Gasteiger partial charge in [0, 0.05) is 13.1 Å². The number of carboxylic acids is 1. The fourth-order valence-electron chi connectivity index (χ4n) is 1.74. The van der Waals surface area contributed by atoms with Gasteiger partial charge in [-0.3, -0.25) is 4.90 Å². The number of aromatic nitrogens is 1. The summed E-state index contributed by atoms with van der Waals surface area (Å²) in [6.45, 7) is 9.08. The number of rotatable bonds is 6. The molecule has 0 bridgehead atoms. The first-order chi connectivity index (χ1) is 8.02. The van der Waals surface area contributed by atoms with Crippen LogP contribution in [-0.2, 0) is 6.54 Å². The summed E-state index contributed by atoms with van der Waals surface area (Å²) < 4.78 is 0. The van der Waals surface area contributed by atoms with Gasteiger partial charge in [-0.2, -0.15) is 0 Å². The predicted octanol–water partition coefficient (Wildman–Crippen LogP) is 2.26. The lowest BCUT2D eigenvalue weighted by Gasteiger charge is -2.22. The van der Waals surface area contributed by atoms with E-state index in [0.29, 0.717) is 12.5 Å². The number of carboxylic acid groups (broad SMARTS) is 1. The van der Waals surface area contributed by atoms with E-state index in [4.69, 9.17) is 5.11 Å². The lowest BCUT2D eigenvalue weighted by molar-refractivity contribution is 0.0690. The number of nitrogens with zero attached hydrogens (tertiary/aromatic N) is 2. The molecule has 17 heavy (non-hydrogen) atoms. The van der Waals surface area contributed by atoms with Gasteiger partial charge in [0.2, 0.25) is 0 Å². The topological polar surface area (TPSA) is 53.4 Å². The summed E-state index contributed by atoms with van der Waals surface area (Å²) in [7, 11) is 0. The Labute approximate surface area is 102 Å². The van der Waals surface area contributed by atoms with Crippen molar-refractivity contribution < 1.29 is 9.90 Å². The summed E-state index contributed by atoms with van der Waals surface area (Å²) in [6.07, 6.45) is 0. The lowest BCUT2D eigenvalue weighted by atomic mass is 10.2. The molecule has 94 valence electrons. The van der Waals surface area contributed by atoms with Crippen LogP contribution in [0, 0.1) is 5.92 Å². The molecule has 0 aromatic carbocycles. The van der Waals surface area contributed by atoms with Crippen LogP contribution in [0.25, 0.3) is 0 Å². The maximum atomic E-state index is 10.8. The molecule has 4 heteroatoms. The van der Waals surface area contributed by atoms with Gasteiger partial charge >= 0.3 is 5.97 Å². The molecule has 0 fully saturated rings. The molecule has 1 N–H and O–H groups in total. The highest BCUT2D eigenvalue weighted by atomic mass is 16.4. The maximum absolute atomic E-state index is 10.8. The minimum Gasteiger partial charge on any atom is -0.477 e. The van der Waals surface area contributed by atoms with Gasteiger partial charge in [0.1, 0.15) is 5.69 Å². The first-order valence-corrected chi connectivity index (χ1v) is 5.94. The van der Waals surface area contributed by atoms with Crippen molar-refractivity contribution in [2.45, 2.75) is 27.3 Å². The second kappa shape index (κ2) is 6.35. The van der Waals surface area contributed by atoms with Crippen LogP contribution in [0.5, 0.6) is 0 Å². The van der Waals surface area contributed by atoms with Gasteiger partial charge in [0.15, 0.2) is 0 Å². The minimum atomic E-state index is -0.973. The normalized spacial score (nSPS) is 11.1. The van der Waals surface area contributed by atoms with Gasteiger partial charge in [-0.1, -0.05) is 26.8 Å². The summed E-state index contributed by atoms with van der Waals surface area (Å²) in [5, 5.41) is 8.87. The van der Waals surface area contributed by atoms with Gasteiger partial charge < -0.3 is 5.11 Å². The molecule has 0 aliphatic carbocycles. The molecule has 0 saturated carbocycles. The molecular weight excluding hydrogens is 216 g/mol. The van der Waals surface area contributed by atoms with E-state index in [-0.39, 0.29) is 5.69 Å². The molecule has 0 spiro atoms. The largest absolute Gasteiger partial charge is 0.477 e. The van der Waals surface area contributed by atoms with E-state index in [1.807, 2.05) is 6.07 Å². The Kier molecular flexibility index (Phi) is 5.10. The second-order valence-electron chi connectivity index (χ2n) is 4.54. The first kappa shape index (κ1) is 13.6. The van der Waals surface area contributed by atoms with Gasteiger partial charge in [0.05, 0.1) is 5.69 Å². The fourth-order valence-corrected chi connectivity index (χ4v) is 1.74. The van der Waals surface area contributed by atoms with E-state index < -0.39 is 5.97 Å². The molecule has 1 rings (SSSR count). The van der Waals surface area contributed by atoms with Crippen molar-refractivity contribution in [2.75, 3.05) is 13.1 Å². The Hall–Kier alpha value is -1.42. The van der Waals surface area contributed by atoms with Gasteiger partial charge in [0.25, 0.3) is 0 Å². The van der Waals surface area contributed by atoms with Crippen molar-refractivity contribution >= 4 is 5.97 Å². The molecule has 1 heterocycles. The highest BCUT2D eigenvalue weighted by Crippen LogP contribution is 2.06. The zero-order valence-corrected chi connectivity index (χ0v) is 10.7. The molecule has 0 atom stereocenters. The molecule has 1 aromatic heterocycles. The van der Waals surface area contributed by atoms with Crippen molar-refractivity contribution in [1.29, 1.82) is 0 Å². The average Bonchev–Trinajstić information content (AvgIpc) is 2.28. The maximum Gasteiger partial charge on any atom is 0.354 e. The van der Waals surface area contributed by atoms with Crippen LogP contribution < -0.4 is 0 Å². The zero-order valence-electron chi connectivity index (χ0n) is 10.7. The Morgan fingerprint density at radius 3 is 2.71 bits per heavy atom. The lowest BCUT2D eigenvalue weighted by Crippen LogP contribution is -2.27. The van der Waals surface area contributed by atoms with Crippen molar-refractivity contribution in [3.8, 4) is 0 Å². The molecule has 0 aliphatic heterocycles. The number of aromatic carboxylic acids is 1. The first-order valence-electron chi connectivity index (χ1n) is 5.94. The fraction of sp³-hybridized carbons (Fsp3) is 0.538. The van der Waals surface area contributed by atoms with Crippen LogP contribution in [0.4, 0.5) is 0 Å². The minimum absolute atomic E-state index is 0.114. The van der Waals surface area contributed by atoms with E-state index in [0.717, 1.165) is 18.8 Å². The quantitative estimate of drug-likeness (QED) is 0.823. The third-order valence-corrected chi connectivity index (χ3v) is 2.48. The molecule has 4 nitrogen and oxygen atoms in total. The molecule has 0 saturated heterocycles. The van der Waals surface area contributed by atoms with Gasteiger partial charge in [-0.25, -0.2) is 9.78 Å². The van der Waals surface area contributed by atoms with Crippen LogP contribution in [0.15, 0.2) is 18.2 Å². The summed E-state index contributed by atoms with van der Waals surface area (Å²) >= 11 is 0. The van der Waals surface area contributed by atoms with Crippen molar-refractivity contribution in [1.82, 2.24) is 9.88 Å². The van der Waals surface area contributed by atoms with Crippen LogP contribution in [-0.4, -0.2) is 34.0 Å². The molecule has 0 aliphatic rings. The van der Waals surface area contributed by atoms with Crippen LogP contribution in [0.1, 0.15) is 37.0 Å². The number of hydrogen-bond acceptors (Lipinski definition) is 3. The Morgan fingerprint density at radius 2 is 2.18 bits per heavy atom. The van der Waals surface area contributed by atoms with Gasteiger partial charge in [-0.05, 0) is 24.6 Å². The molecule has 0 radical (unpaired) electrons.